The van der Waals surface area contributed by atoms with Crippen molar-refractivity contribution in [3.8, 4) is 17.2 Å². The van der Waals surface area contributed by atoms with Gasteiger partial charge in [-0.05, 0) is 55.7 Å². The first-order valence-electron chi connectivity index (χ1n) is 9.63. The minimum absolute atomic E-state index is 0.286. The van der Waals surface area contributed by atoms with Gasteiger partial charge in [0.2, 0.25) is 0 Å². The molecular formula is C23H25NO5. The molecule has 6 nitrogen and oxygen atoms in total. The number of hydrogen-bond donors (Lipinski definition) is 0. The molecule has 6 heteroatoms. The molecule has 0 aliphatic carbocycles. The molecule has 29 heavy (non-hydrogen) atoms. The summed E-state index contributed by atoms with van der Waals surface area (Å²) in [5.74, 6) is 2.23. The molecule has 1 aliphatic heterocycles. The van der Waals surface area contributed by atoms with Crippen LogP contribution in [0.15, 0.2) is 39.5 Å². The molecule has 0 amide bonds. The van der Waals surface area contributed by atoms with Crippen LogP contribution in [0.4, 0.5) is 0 Å². The van der Waals surface area contributed by atoms with Crippen LogP contribution in [-0.2, 0) is 13.0 Å². The lowest BCUT2D eigenvalue weighted by Gasteiger charge is -2.29. The summed E-state index contributed by atoms with van der Waals surface area (Å²) in [4.78, 5) is 14.4. The molecule has 3 aromatic rings. The molecule has 4 rings (SSSR count). The van der Waals surface area contributed by atoms with E-state index in [0.717, 1.165) is 52.3 Å². The van der Waals surface area contributed by atoms with Crippen LogP contribution in [-0.4, -0.2) is 32.4 Å². The second kappa shape index (κ2) is 7.79. The molecule has 0 unspecified atom stereocenters. The van der Waals surface area contributed by atoms with E-state index in [4.69, 9.17) is 18.6 Å². The minimum atomic E-state index is -0.286. The molecule has 0 atom stereocenters. The molecule has 0 radical (unpaired) electrons. The highest BCUT2D eigenvalue weighted by atomic mass is 16.5. The second-order valence-corrected chi connectivity index (χ2v) is 7.32. The zero-order valence-electron chi connectivity index (χ0n) is 17.2. The highest BCUT2D eigenvalue weighted by Gasteiger charge is 2.22. The van der Waals surface area contributed by atoms with E-state index in [1.54, 1.807) is 21.1 Å². The fourth-order valence-electron chi connectivity index (χ4n) is 3.73. The molecule has 2 heterocycles. The van der Waals surface area contributed by atoms with Crippen LogP contribution >= 0.6 is 0 Å². The summed E-state index contributed by atoms with van der Waals surface area (Å²) in [7, 11) is 3.27. The van der Waals surface area contributed by atoms with Crippen molar-refractivity contribution >= 4 is 11.0 Å². The smallest absolute Gasteiger partial charge is 0.339 e. The summed E-state index contributed by atoms with van der Waals surface area (Å²) in [5.41, 5.74) is 4.05. The fraction of sp³-hybridized carbons (Fsp3) is 0.348. The average molecular weight is 395 g/mol. The summed E-state index contributed by atoms with van der Waals surface area (Å²) in [6.45, 7) is 5.73. The first-order valence-corrected chi connectivity index (χ1v) is 9.63. The Balaban J connectivity index is 1.56. The summed E-state index contributed by atoms with van der Waals surface area (Å²) >= 11 is 0. The highest BCUT2D eigenvalue weighted by Crippen LogP contribution is 2.34. The van der Waals surface area contributed by atoms with Crippen LogP contribution in [0.5, 0.6) is 17.2 Å². The van der Waals surface area contributed by atoms with Gasteiger partial charge in [-0.25, -0.2) is 4.79 Å². The van der Waals surface area contributed by atoms with Crippen molar-refractivity contribution in [2.45, 2.75) is 26.8 Å². The van der Waals surface area contributed by atoms with Gasteiger partial charge in [0.25, 0.3) is 0 Å². The Morgan fingerprint density at radius 1 is 1.03 bits per heavy atom. The SMILES string of the molecule is COc1ccc(CCN2COc3ccc4c(C)c(C)c(=O)oc4c3C2)cc1OC. The van der Waals surface area contributed by atoms with Crippen LogP contribution < -0.4 is 19.8 Å². The number of benzene rings is 2. The van der Waals surface area contributed by atoms with Gasteiger partial charge < -0.3 is 18.6 Å². The lowest BCUT2D eigenvalue weighted by Crippen LogP contribution is -2.33. The number of hydrogen-bond acceptors (Lipinski definition) is 6. The Labute approximate surface area is 169 Å². The monoisotopic (exact) mass is 395 g/mol. The normalized spacial score (nSPS) is 13.8. The molecule has 0 N–H and O–H groups in total. The van der Waals surface area contributed by atoms with Gasteiger partial charge in [-0.2, -0.15) is 0 Å². The molecule has 0 saturated carbocycles. The molecule has 0 saturated heterocycles. The van der Waals surface area contributed by atoms with Crippen molar-refractivity contribution < 1.29 is 18.6 Å². The predicted octanol–water partition coefficient (Wildman–Crippen LogP) is 3.82. The summed E-state index contributed by atoms with van der Waals surface area (Å²) in [6, 6.07) is 9.90. The Morgan fingerprint density at radius 3 is 2.59 bits per heavy atom. The third kappa shape index (κ3) is 3.56. The topological polar surface area (TPSA) is 61.1 Å². The number of ether oxygens (including phenoxy) is 3. The molecule has 1 aromatic heterocycles. The van der Waals surface area contributed by atoms with E-state index >= 15 is 0 Å². The molecule has 152 valence electrons. The van der Waals surface area contributed by atoms with Gasteiger partial charge in [0, 0.05) is 24.0 Å². The zero-order valence-corrected chi connectivity index (χ0v) is 17.2. The number of fused-ring (bicyclic) bond motifs is 3. The van der Waals surface area contributed by atoms with Gasteiger partial charge in [0.15, 0.2) is 11.5 Å². The molecule has 0 spiro atoms. The lowest BCUT2D eigenvalue weighted by molar-refractivity contribution is 0.0967. The first kappa shape index (κ1) is 19.3. The number of methoxy groups -OCH3 is 2. The third-order valence-electron chi connectivity index (χ3n) is 5.63. The van der Waals surface area contributed by atoms with Crippen molar-refractivity contribution in [2.24, 2.45) is 0 Å². The Hall–Kier alpha value is -2.99. The molecular weight excluding hydrogens is 370 g/mol. The average Bonchev–Trinajstić information content (AvgIpc) is 2.75. The van der Waals surface area contributed by atoms with Gasteiger partial charge in [-0.1, -0.05) is 6.07 Å². The van der Waals surface area contributed by atoms with Crippen molar-refractivity contribution in [2.75, 3.05) is 27.5 Å². The fourth-order valence-corrected chi connectivity index (χ4v) is 3.73. The van der Waals surface area contributed by atoms with E-state index in [-0.39, 0.29) is 5.63 Å². The maximum absolute atomic E-state index is 12.2. The van der Waals surface area contributed by atoms with E-state index in [2.05, 4.69) is 4.90 Å². The third-order valence-corrected chi connectivity index (χ3v) is 5.63. The highest BCUT2D eigenvalue weighted by molar-refractivity contribution is 5.85. The van der Waals surface area contributed by atoms with E-state index in [0.29, 0.717) is 24.4 Å². The number of aryl methyl sites for hydroxylation is 1. The van der Waals surface area contributed by atoms with Gasteiger partial charge in [-0.15, -0.1) is 0 Å². The molecule has 2 aromatic carbocycles. The van der Waals surface area contributed by atoms with Crippen LogP contribution in [0.3, 0.4) is 0 Å². The standard InChI is InChI=1S/C23H25NO5/c1-14-15(2)23(25)29-22-17(14)6-8-19-18(22)12-24(13-28-19)10-9-16-5-7-20(26-3)21(11-16)27-4/h5-8,11H,9-10,12-13H2,1-4H3. The Kier molecular flexibility index (Phi) is 5.20. The van der Waals surface area contributed by atoms with Crippen LogP contribution in [0, 0.1) is 13.8 Å². The predicted molar refractivity (Wildman–Crippen MR) is 111 cm³/mol. The van der Waals surface area contributed by atoms with Gasteiger partial charge in [-0.3, -0.25) is 4.90 Å². The van der Waals surface area contributed by atoms with E-state index in [1.807, 2.05) is 37.3 Å². The Bertz CT molecular complexity index is 1120. The van der Waals surface area contributed by atoms with Crippen molar-refractivity contribution in [3.63, 3.8) is 0 Å². The van der Waals surface area contributed by atoms with Gasteiger partial charge in [0.1, 0.15) is 18.1 Å². The van der Waals surface area contributed by atoms with E-state index in [1.165, 1.54) is 0 Å². The van der Waals surface area contributed by atoms with Crippen LogP contribution in [0.25, 0.3) is 11.0 Å². The largest absolute Gasteiger partial charge is 0.493 e. The van der Waals surface area contributed by atoms with Gasteiger partial charge in [0.05, 0.1) is 19.8 Å². The molecule has 0 fully saturated rings. The summed E-state index contributed by atoms with van der Waals surface area (Å²) in [5, 5.41) is 0.964. The number of rotatable bonds is 5. The van der Waals surface area contributed by atoms with E-state index in [9.17, 15) is 4.79 Å². The Morgan fingerprint density at radius 2 is 1.83 bits per heavy atom. The summed E-state index contributed by atoms with van der Waals surface area (Å²) in [6.07, 6.45) is 0.839. The molecule has 0 bridgehead atoms. The first-order chi connectivity index (χ1) is 14.0. The maximum atomic E-state index is 12.2. The van der Waals surface area contributed by atoms with E-state index < -0.39 is 0 Å². The lowest BCUT2D eigenvalue weighted by atomic mass is 10.0. The molecule has 1 aliphatic rings. The number of nitrogens with zero attached hydrogens (tertiary/aromatic N) is 1. The summed E-state index contributed by atoms with van der Waals surface area (Å²) < 4.78 is 22.3. The minimum Gasteiger partial charge on any atom is -0.493 e. The second-order valence-electron chi connectivity index (χ2n) is 7.32. The quantitative estimate of drug-likeness (QED) is 0.612. The van der Waals surface area contributed by atoms with Crippen molar-refractivity contribution in [1.29, 1.82) is 0 Å². The van der Waals surface area contributed by atoms with Crippen molar-refractivity contribution in [3.05, 3.63) is 63.0 Å². The van der Waals surface area contributed by atoms with Crippen LogP contribution in [0.1, 0.15) is 22.3 Å². The van der Waals surface area contributed by atoms with Crippen molar-refractivity contribution in [1.82, 2.24) is 4.90 Å². The maximum Gasteiger partial charge on any atom is 0.339 e. The zero-order chi connectivity index (χ0) is 20.5. The van der Waals surface area contributed by atoms with Crippen LogP contribution in [0.2, 0.25) is 0 Å². The van der Waals surface area contributed by atoms with Gasteiger partial charge >= 0.3 is 5.63 Å².